The Morgan fingerprint density at radius 3 is 2.74 bits per heavy atom. The molecule has 1 aliphatic carbocycles. The van der Waals surface area contributed by atoms with Gasteiger partial charge in [-0.1, -0.05) is 25.3 Å². The van der Waals surface area contributed by atoms with E-state index in [1.165, 1.54) is 19.3 Å². The van der Waals surface area contributed by atoms with E-state index in [1.807, 2.05) is 24.7 Å². The minimum Gasteiger partial charge on any atom is -0.377 e. The van der Waals surface area contributed by atoms with Gasteiger partial charge in [0.1, 0.15) is 4.70 Å². The molecule has 5 heteroatoms. The lowest BCUT2D eigenvalue weighted by molar-refractivity contribution is 0.345. The lowest BCUT2D eigenvalue weighted by Gasteiger charge is -2.23. The molecule has 2 aromatic heterocycles. The number of rotatable bonds is 2. The molecule has 0 bridgehead atoms. The van der Waals surface area contributed by atoms with Crippen LogP contribution in [-0.4, -0.2) is 23.6 Å². The molecule has 3 aromatic rings. The first kappa shape index (κ1) is 14.7. The molecule has 1 fully saturated rings. The maximum absolute atomic E-state index is 13.0. The molecule has 4 rings (SSSR count). The lowest BCUT2D eigenvalue weighted by Crippen LogP contribution is -2.26. The van der Waals surface area contributed by atoms with Gasteiger partial charge in [0.2, 0.25) is 0 Å². The normalized spacial score (nSPS) is 16.3. The van der Waals surface area contributed by atoms with Crippen LogP contribution >= 0.6 is 11.3 Å². The topological polar surface area (TPSA) is 38.1 Å². The van der Waals surface area contributed by atoms with E-state index in [2.05, 4.69) is 17.0 Å². The van der Waals surface area contributed by atoms with Gasteiger partial charge in [-0.3, -0.25) is 9.36 Å². The van der Waals surface area contributed by atoms with Crippen molar-refractivity contribution in [1.82, 2.24) is 9.55 Å². The molecule has 1 saturated carbocycles. The van der Waals surface area contributed by atoms with Crippen molar-refractivity contribution in [3.8, 4) is 0 Å². The van der Waals surface area contributed by atoms with Gasteiger partial charge >= 0.3 is 0 Å². The third-order valence-electron chi connectivity index (χ3n) is 4.86. The maximum Gasteiger partial charge on any atom is 0.271 e. The van der Waals surface area contributed by atoms with Gasteiger partial charge in [-0.05, 0) is 25.0 Å². The van der Waals surface area contributed by atoms with Crippen molar-refractivity contribution < 1.29 is 0 Å². The third-order valence-corrected chi connectivity index (χ3v) is 5.99. The summed E-state index contributed by atoms with van der Waals surface area (Å²) >= 11 is 1.58. The summed E-state index contributed by atoms with van der Waals surface area (Å²) in [6.07, 6.45) is 7.69. The molecular formula is C18H21N3OS. The van der Waals surface area contributed by atoms with Crippen LogP contribution in [0.4, 0.5) is 5.69 Å². The first-order valence-corrected chi connectivity index (χ1v) is 9.08. The van der Waals surface area contributed by atoms with Crippen molar-refractivity contribution in [2.45, 2.75) is 38.1 Å². The Bertz CT molecular complexity index is 919. The van der Waals surface area contributed by atoms with Gasteiger partial charge in [0, 0.05) is 35.9 Å². The molecule has 1 aliphatic rings. The number of aromatic nitrogens is 2. The summed E-state index contributed by atoms with van der Waals surface area (Å²) < 4.78 is 3.81. The van der Waals surface area contributed by atoms with E-state index in [1.54, 1.807) is 17.7 Å². The Kier molecular flexibility index (Phi) is 3.60. The molecule has 1 aromatic carbocycles. The summed E-state index contributed by atoms with van der Waals surface area (Å²) in [6.45, 7) is 0. The zero-order chi connectivity index (χ0) is 16.0. The largest absolute Gasteiger partial charge is 0.377 e. The Hall–Kier alpha value is -1.88. The number of hydrogen-bond acceptors (Lipinski definition) is 4. The highest BCUT2D eigenvalue weighted by Gasteiger charge is 2.20. The van der Waals surface area contributed by atoms with Crippen LogP contribution < -0.4 is 10.5 Å². The Labute approximate surface area is 139 Å². The lowest BCUT2D eigenvalue weighted by atomic mass is 9.95. The fourth-order valence-electron chi connectivity index (χ4n) is 3.66. The Morgan fingerprint density at radius 2 is 2.00 bits per heavy atom. The fourth-order valence-corrected chi connectivity index (χ4v) is 4.78. The van der Waals surface area contributed by atoms with Gasteiger partial charge in [0.25, 0.3) is 5.56 Å². The van der Waals surface area contributed by atoms with Crippen molar-refractivity contribution in [3.05, 3.63) is 34.9 Å². The molecule has 0 unspecified atom stereocenters. The van der Waals surface area contributed by atoms with E-state index in [4.69, 9.17) is 4.98 Å². The molecule has 23 heavy (non-hydrogen) atoms. The van der Waals surface area contributed by atoms with Crippen molar-refractivity contribution in [1.29, 1.82) is 0 Å². The van der Waals surface area contributed by atoms with E-state index in [9.17, 15) is 4.79 Å². The summed E-state index contributed by atoms with van der Waals surface area (Å²) in [5, 5.41) is 1.10. The van der Waals surface area contributed by atoms with Gasteiger partial charge in [-0.25, -0.2) is 4.98 Å². The standard InChI is InChI=1S/C18H21N3OS/c1-20(2)13-9-6-10-14-15(13)16-17(23-14)18(22)21(11-19-16)12-7-4-3-5-8-12/h6,9-12H,3-5,7-8H2,1-2H3. The molecule has 0 atom stereocenters. The van der Waals surface area contributed by atoms with Crippen molar-refractivity contribution >= 4 is 37.3 Å². The molecular weight excluding hydrogens is 306 g/mol. The highest BCUT2D eigenvalue weighted by atomic mass is 32.1. The molecule has 0 N–H and O–H groups in total. The van der Waals surface area contributed by atoms with E-state index >= 15 is 0 Å². The SMILES string of the molecule is CN(C)c1cccc2sc3c(=O)n(C4CCCCC4)cnc3c12. The summed E-state index contributed by atoms with van der Waals surface area (Å²) in [5.41, 5.74) is 2.11. The van der Waals surface area contributed by atoms with Crippen LogP contribution in [0.5, 0.6) is 0 Å². The monoisotopic (exact) mass is 327 g/mol. The van der Waals surface area contributed by atoms with Gasteiger partial charge in [-0.15, -0.1) is 11.3 Å². The number of benzene rings is 1. The first-order chi connectivity index (χ1) is 11.2. The third kappa shape index (κ3) is 2.34. The quantitative estimate of drug-likeness (QED) is 0.708. The van der Waals surface area contributed by atoms with Crippen LogP contribution in [0.2, 0.25) is 0 Å². The molecule has 2 heterocycles. The van der Waals surface area contributed by atoms with E-state index in [0.717, 1.165) is 38.8 Å². The second-order valence-corrected chi connectivity index (χ2v) is 7.63. The van der Waals surface area contributed by atoms with E-state index < -0.39 is 0 Å². The second kappa shape index (κ2) is 5.64. The van der Waals surface area contributed by atoms with Crippen molar-refractivity contribution in [3.63, 3.8) is 0 Å². The molecule has 0 aliphatic heterocycles. The molecule has 0 amide bonds. The number of hydrogen-bond donors (Lipinski definition) is 0. The minimum absolute atomic E-state index is 0.132. The van der Waals surface area contributed by atoms with Crippen LogP contribution in [0, 0.1) is 0 Å². The molecule has 4 nitrogen and oxygen atoms in total. The van der Waals surface area contributed by atoms with Crippen LogP contribution in [0.15, 0.2) is 29.3 Å². The predicted octanol–water partition coefficient (Wildman–Crippen LogP) is 4.18. The van der Waals surface area contributed by atoms with E-state index in [0.29, 0.717) is 6.04 Å². The summed E-state index contributed by atoms with van der Waals surface area (Å²) in [5.74, 6) is 0. The highest BCUT2D eigenvalue weighted by molar-refractivity contribution is 7.25. The van der Waals surface area contributed by atoms with Crippen molar-refractivity contribution in [2.24, 2.45) is 0 Å². The van der Waals surface area contributed by atoms with E-state index in [-0.39, 0.29) is 5.56 Å². The smallest absolute Gasteiger partial charge is 0.271 e. The predicted molar refractivity (Wildman–Crippen MR) is 97.8 cm³/mol. The van der Waals surface area contributed by atoms with Crippen molar-refractivity contribution in [2.75, 3.05) is 19.0 Å². The van der Waals surface area contributed by atoms with Crippen LogP contribution in [0.3, 0.4) is 0 Å². The Balaban J connectivity index is 1.96. The van der Waals surface area contributed by atoms with Gasteiger partial charge < -0.3 is 4.90 Å². The maximum atomic E-state index is 13.0. The number of thiophene rings is 1. The average molecular weight is 327 g/mol. The first-order valence-electron chi connectivity index (χ1n) is 8.26. The number of nitrogens with zero attached hydrogens (tertiary/aromatic N) is 3. The van der Waals surface area contributed by atoms with Gasteiger partial charge in [0.05, 0.1) is 11.8 Å². The van der Waals surface area contributed by atoms with Crippen LogP contribution in [-0.2, 0) is 0 Å². The summed E-state index contributed by atoms with van der Waals surface area (Å²) in [4.78, 5) is 19.8. The average Bonchev–Trinajstić information content (AvgIpc) is 2.95. The summed E-state index contributed by atoms with van der Waals surface area (Å²) in [6, 6.07) is 6.54. The second-order valence-electron chi connectivity index (χ2n) is 6.57. The zero-order valence-electron chi connectivity index (χ0n) is 13.6. The number of fused-ring (bicyclic) bond motifs is 3. The molecule has 0 radical (unpaired) electrons. The zero-order valence-corrected chi connectivity index (χ0v) is 14.4. The summed E-state index contributed by atoms with van der Waals surface area (Å²) in [7, 11) is 4.06. The highest BCUT2D eigenvalue weighted by Crippen LogP contribution is 2.37. The minimum atomic E-state index is 0.132. The molecule has 120 valence electrons. The fraction of sp³-hybridized carbons (Fsp3) is 0.444. The molecule has 0 spiro atoms. The number of anilines is 1. The molecule has 0 saturated heterocycles. The van der Waals surface area contributed by atoms with Crippen LogP contribution in [0.25, 0.3) is 20.3 Å². The Morgan fingerprint density at radius 1 is 1.22 bits per heavy atom. The van der Waals surface area contributed by atoms with Gasteiger partial charge in [0.15, 0.2) is 0 Å². The van der Waals surface area contributed by atoms with Gasteiger partial charge in [-0.2, -0.15) is 0 Å². The van der Waals surface area contributed by atoms with Crippen LogP contribution in [0.1, 0.15) is 38.1 Å².